The molecule has 1 atom stereocenters. The van der Waals surface area contributed by atoms with Crippen LogP contribution in [0.1, 0.15) is 16.7 Å². The second-order valence-electron chi connectivity index (χ2n) is 3.68. The monoisotopic (exact) mass is 248 g/mol. The quantitative estimate of drug-likeness (QED) is 0.854. The molecule has 3 nitrogen and oxygen atoms in total. The maximum absolute atomic E-state index is 5.79. The topological polar surface area (TPSA) is 48.1 Å². The van der Waals surface area contributed by atoms with Crippen molar-refractivity contribution < 1.29 is 4.74 Å². The van der Waals surface area contributed by atoms with E-state index in [0.29, 0.717) is 13.2 Å². The number of hydrogen-bond donors (Lipinski definition) is 1. The Hall–Kier alpha value is -1.23. The van der Waals surface area contributed by atoms with Crippen molar-refractivity contribution in [1.82, 2.24) is 4.98 Å². The molecule has 2 rings (SSSR count). The minimum atomic E-state index is 0.0127. The summed E-state index contributed by atoms with van der Waals surface area (Å²) in [4.78, 5) is 5.44. The largest absolute Gasteiger partial charge is 0.371 e. The number of thiophene rings is 1. The van der Waals surface area contributed by atoms with Gasteiger partial charge in [0.2, 0.25) is 0 Å². The summed E-state index contributed by atoms with van der Waals surface area (Å²) in [6.07, 6.45) is 2.64. The van der Waals surface area contributed by atoms with Crippen LogP contribution in [0, 0.1) is 0 Å². The van der Waals surface area contributed by atoms with Crippen molar-refractivity contribution in [2.24, 2.45) is 5.73 Å². The third-order valence-corrected chi connectivity index (χ3v) is 3.44. The third kappa shape index (κ3) is 3.63. The molecule has 0 saturated carbocycles. The molecule has 2 heterocycles. The van der Waals surface area contributed by atoms with Gasteiger partial charge < -0.3 is 10.5 Å². The molecule has 0 bridgehead atoms. The summed E-state index contributed by atoms with van der Waals surface area (Å²) in [5.74, 6) is 0. The molecule has 0 aliphatic heterocycles. The van der Waals surface area contributed by atoms with Crippen LogP contribution in [-0.4, -0.2) is 18.1 Å². The second kappa shape index (κ2) is 6.49. The van der Waals surface area contributed by atoms with Gasteiger partial charge in [-0.05, 0) is 23.6 Å². The van der Waals surface area contributed by atoms with Crippen molar-refractivity contribution in [3.05, 3.63) is 52.5 Å². The second-order valence-corrected chi connectivity index (χ2v) is 4.66. The molecule has 0 aromatic carbocycles. The number of ether oxygens (including phenoxy) is 1. The van der Waals surface area contributed by atoms with Gasteiger partial charge in [-0.15, -0.1) is 11.3 Å². The summed E-state index contributed by atoms with van der Waals surface area (Å²) in [5, 5.41) is 2.04. The van der Waals surface area contributed by atoms with E-state index < -0.39 is 0 Å². The zero-order valence-electron chi connectivity index (χ0n) is 9.58. The number of pyridine rings is 1. The van der Waals surface area contributed by atoms with Gasteiger partial charge >= 0.3 is 0 Å². The molecule has 0 saturated heterocycles. The van der Waals surface area contributed by atoms with E-state index in [4.69, 9.17) is 10.5 Å². The molecule has 0 aliphatic rings. The van der Waals surface area contributed by atoms with Crippen LogP contribution in [0.2, 0.25) is 0 Å². The van der Waals surface area contributed by atoms with Crippen LogP contribution in [0.5, 0.6) is 0 Å². The fourth-order valence-corrected chi connectivity index (χ4v) is 2.38. The molecule has 0 spiro atoms. The van der Waals surface area contributed by atoms with E-state index in [1.165, 1.54) is 4.88 Å². The van der Waals surface area contributed by atoms with Crippen LogP contribution in [0.25, 0.3) is 0 Å². The van der Waals surface area contributed by atoms with Gasteiger partial charge in [0.25, 0.3) is 0 Å². The van der Waals surface area contributed by atoms with Crippen molar-refractivity contribution in [2.75, 3.05) is 13.2 Å². The average Bonchev–Trinajstić information content (AvgIpc) is 2.90. The summed E-state index contributed by atoms with van der Waals surface area (Å²) in [6, 6.07) is 9.99. The first-order valence-corrected chi connectivity index (χ1v) is 6.53. The fraction of sp³-hybridized carbons (Fsp3) is 0.308. The lowest BCUT2D eigenvalue weighted by Crippen LogP contribution is -2.16. The van der Waals surface area contributed by atoms with Crippen LogP contribution in [0.15, 0.2) is 41.9 Å². The molecule has 90 valence electrons. The van der Waals surface area contributed by atoms with Gasteiger partial charge in [-0.2, -0.15) is 0 Å². The Labute approximate surface area is 105 Å². The van der Waals surface area contributed by atoms with Gasteiger partial charge in [-0.25, -0.2) is 0 Å². The average molecular weight is 248 g/mol. The summed E-state index contributed by atoms with van der Waals surface area (Å²) >= 11 is 1.68. The Morgan fingerprint density at radius 3 is 2.88 bits per heavy atom. The highest BCUT2D eigenvalue weighted by molar-refractivity contribution is 7.10. The van der Waals surface area contributed by atoms with Crippen LogP contribution >= 0.6 is 11.3 Å². The molecule has 17 heavy (non-hydrogen) atoms. The number of nitrogens with two attached hydrogens (primary N) is 1. The highest BCUT2D eigenvalue weighted by atomic mass is 32.1. The predicted molar refractivity (Wildman–Crippen MR) is 70.0 cm³/mol. The first-order chi connectivity index (χ1) is 8.40. The Bertz CT molecular complexity index is 416. The Morgan fingerprint density at radius 1 is 1.29 bits per heavy atom. The molecule has 4 heteroatoms. The van der Waals surface area contributed by atoms with Crippen LogP contribution < -0.4 is 5.73 Å². The molecular formula is C13H16N2OS. The molecule has 0 amide bonds. The van der Waals surface area contributed by atoms with E-state index in [1.54, 1.807) is 17.5 Å². The summed E-state index contributed by atoms with van der Waals surface area (Å²) in [6.45, 7) is 1.17. The van der Waals surface area contributed by atoms with Gasteiger partial charge in [-0.3, -0.25) is 4.98 Å². The Balaban J connectivity index is 1.81. The van der Waals surface area contributed by atoms with E-state index in [1.807, 2.05) is 29.6 Å². The van der Waals surface area contributed by atoms with Gasteiger partial charge in [0.15, 0.2) is 0 Å². The molecule has 0 radical (unpaired) electrons. The number of aromatic nitrogens is 1. The van der Waals surface area contributed by atoms with Crippen molar-refractivity contribution in [3.63, 3.8) is 0 Å². The van der Waals surface area contributed by atoms with Gasteiger partial charge in [0.05, 0.1) is 6.61 Å². The number of hydrogen-bond acceptors (Lipinski definition) is 4. The molecule has 2 aromatic rings. The van der Waals surface area contributed by atoms with E-state index in [0.717, 1.165) is 12.1 Å². The lowest BCUT2D eigenvalue weighted by Gasteiger charge is -2.14. The van der Waals surface area contributed by atoms with Crippen LogP contribution in [0.4, 0.5) is 0 Å². The third-order valence-electron chi connectivity index (χ3n) is 2.48. The molecular weight excluding hydrogens is 232 g/mol. The molecule has 1 unspecified atom stereocenters. The maximum Gasteiger partial charge on any atom is 0.104 e. The minimum absolute atomic E-state index is 0.0127. The maximum atomic E-state index is 5.79. The molecule has 2 aromatic heterocycles. The summed E-state index contributed by atoms with van der Waals surface area (Å²) in [5.41, 5.74) is 6.76. The standard InChI is InChI=1S/C13H16N2OS/c14-10-12(13-5-3-9-17-13)16-8-6-11-4-1-2-7-15-11/h1-5,7,9,12H,6,8,10,14H2. The van der Waals surface area contributed by atoms with Gasteiger partial charge in [0.1, 0.15) is 6.10 Å². The molecule has 0 aliphatic carbocycles. The SMILES string of the molecule is NCC(OCCc1ccccn1)c1cccs1. The normalized spacial score (nSPS) is 12.5. The van der Waals surface area contributed by atoms with E-state index >= 15 is 0 Å². The van der Waals surface area contributed by atoms with Gasteiger partial charge in [-0.1, -0.05) is 12.1 Å². The lowest BCUT2D eigenvalue weighted by atomic mass is 10.2. The van der Waals surface area contributed by atoms with E-state index in [2.05, 4.69) is 11.1 Å². The van der Waals surface area contributed by atoms with Crippen LogP contribution in [0.3, 0.4) is 0 Å². The molecule has 0 fully saturated rings. The highest BCUT2D eigenvalue weighted by Gasteiger charge is 2.10. The number of rotatable bonds is 6. The van der Waals surface area contributed by atoms with Crippen molar-refractivity contribution in [1.29, 1.82) is 0 Å². The molecule has 2 N–H and O–H groups in total. The Kier molecular flexibility index (Phi) is 4.67. The van der Waals surface area contributed by atoms with Crippen molar-refractivity contribution in [2.45, 2.75) is 12.5 Å². The van der Waals surface area contributed by atoms with Crippen molar-refractivity contribution >= 4 is 11.3 Å². The first kappa shape index (κ1) is 12.2. The minimum Gasteiger partial charge on any atom is -0.371 e. The smallest absolute Gasteiger partial charge is 0.104 e. The van der Waals surface area contributed by atoms with Crippen LogP contribution in [-0.2, 0) is 11.2 Å². The Morgan fingerprint density at radius 2 is 2.24 bits per heavy atom. The summed E-state index contributed by atoms with van der Waals surface area (Å²) in [7, 11) is 0. The summed E-state index contributed by atoms with van der Waals surface area (Å²) < 4.78 is 5.79. The highest BCUT2D eigenvalue weighted by Crippen LogP contribution is 2.21. The van der Waals surface area contributed by atoms with Gasteiger partial charge in [0, 0.05) is 29.7 Å². The van der Waals surface area contributed by atoms with Crippen molar-refractivity contribution in [3.8, 4) is 0 Å². The first-order valence-electron chi connectivity index (χ1n) is 5.65. The fourth-order valence-electron chi connectivity index (χ4n) is 1.59. The number of nitrogens with zero attached hydrogens (tertiary/aromatic N) is 1. The zero-order valence-corrected chi connectivity index (χ0v) is 10.4. The predicted octanol–water partition coefficient (Wildman–Crippen LogP) is 2.40. The lowest BCUT2D eigenvalue weighted by molar-refractivity contribution is 0.0629. The van der Waals surface area contributed by atoms with E-state index in [9.17, 15) is 0 Å². The van der Waals surface area contributed by atoms with E-state index in [-0.39, 0.29) is 6.10 Å². The zero-order chi connectivity index (χ0) is 11.9.